The summed E-state index contributed by atoms with van der Waals surface area (Å²) in [5.74, 6) is 0.0644. The first-order chi connectivity index (χ1) is 13.8. The van der Waals surface area contributed by atoms with Gasteiger partial charge in [0, 0.05) is 33.3 Å². The molecule has 1 amide bonds. The Kier molecular flexibility index (Phi) is 5.70. The average molecular weight is 409 g/mol. The molecule has 3 saturated heterocycles. The van der Waals surface area contributed by atoms with Crippen LogP contribution in [0.4, 0.5) is 4.79 Å². The van der Waals surface area contributed by atoms with Crippen LogP contribution in [0.5, 0.6) is 0 Å². The molecule has 1 aliphatic carbocycles. The van der Waals surface area contributed by atoms with Crippen molar-refractivity contribution in [3.8, 4) is 0 Å². The molecule has 1 saturated carbocycles. The van der Waals surface area contributed by atoms with E-state index in [4.69, 9.17) is 18.9 Å². The topological polar surface area (TPSA) is 67.1 Å². The zero-order valence-electron chi connectivity index (χ0n) is 18.5. The van der Waals surface area contributed by atoms with E-state index < -0.39 is 0 Å². The monoisotopic (exact) mass is 408 g/mol. The van der Waals surface area contributed by atoms with Gasteiger partial charge in [0.05, 0.1) is 18.6 Å². The van der Waals surface area contributed by atoms with Crippen LogP contribution in [0.15, 0.2) is 11.6 Å². The fourth-order valence-corrected chi connectivity index (χ4v) is 5.26. The van der Waals surface area contributed by atoms with Gasteiger partial charge in [0.25, 0.3) is 0 Å². The van der Waals surface area contributed by atoms with E-state index in [1.807, 2.05) is 4.90 Å². The highest BCUT2D eigenvalue weighted by Gasteiger charge is 2.72. The normalized spacial score (nSPS) is 41.9. The number of likely N-dealkylation sites (N-methyl/N-ethyl adjacent to an activating group) is 1. The minimum atomic E-state index is -0.304. The van der Waals surface area contributed by atoms with Gasteiger partial charge in [0.1, 0.15) is 23.4 Å². The number of piperazine rings is 1. The number of nitrogens with zero attached hydrogens (tertiary/aromatic N) is 2. The molecule has 7 heteroatoms. The molecule has 0 radical (unpaired) electrons. The largest absolute Gasteiger partial charge is 0.443 e. The Balaban J connectivity index is 1.45. The van der Waals surface area contributed by atoms with E-state index >= 15 is 0 Å². The van der Waals surface area contributed by atoms with Crippen LogP contribution in [0.3, 0.4) is 0 Å². The van der Waals surface area contributed by atoms with Crippen molar-refractivity contribution in [2.75, 3.05) is 46.9 Å². The number of carbonyl (C=O) groups excluding carboxylic acids is 1. The molecule has 4 fully saturated rings. The van der Waals surface area contributed by atoms with Crippen LogP contribution in [0.1, 0.15) is 40.0 Å². The SMILES string of the molecule is CO[C@@H]1[C@H](OC(=O)N2CCN(C)CC2)CC[C@]2(CO2)[C@H]1[C@@]1(C)O[C@@H]1CC=C(C)C. The molecule has 6 atom stereocenters. The van der Waals surface area contributed by atoms with E-state index in [2.05, 4.69) is 38.8 Å². The standard InChI is InChI=1S/C22H36N2O5/c1-15(2)6-7-17-21(3,29-17)19-18(26-5)16(8-9-22(19)14-27-22)28-20(25)24-12-10-23(4)11-13-24/h6,16-19H,7-14H2,1-5H3/t16-,17-,18-,19-,21+,22+/m1/s1. The first-order valence-electron chi connectivity index (χ1n) is 10.9. The maximum atomic E-state index is 12.8. The number of allylic oxidation sites excluding steroid dienone is 1. The Bertz CT molecular complexity index is 652. The summed E-state index contributed by atoms with van der Waals surface area (Å²) in [5.41, 5.74) is 0.805. The summed E-state index contributed by atoms with van der Waals surface area (Å²) < 4.78 is 24.2. The second kappa shape index (κ2) is 7.84. The Hall–Kier alpha value is -1.15. The lowest BCUT2D eigenvalue weighted by Gasteiger charge is -2.43. The number of hydrogen-bond donors (Lipinski definition) is 0. The van der Waals surface area contributed by atoms with E-state index in [1.54, 1.807) is 7.11 Å². The molecule has 4 rings (SSSR count). The lowest BCUT2D eigenvalue weighted by Crippen LogP contribution is -2.57. The first kappa shape index (κ1) is 21.1. The quantitative estimate of drug-likeness (QED) is 0.514. The number of hydrogen-bond acceptors (Lipinski definition) is 6. The fourth-order valence-electron chi connectivity index (χ4n) is 5.26. The first-order valence-corrected chi connectivity index (χ1v) is 10.9. The van der Waals surface area contributed by atoms with Crippen LogP contribution in [-0.2, 0) is 18.9 Å². The van der Waals surface area contributed by atoms with Gasteiger partial charge in [-0.15, -0.1) is 0 Å². The van der Waals surface area contributed by atoms with E-state index in [0.29, 0.717) is 13.1 Å². The number of ether oxygens (including phenoxy) is 4. The van der Waals surface area contributed by atoms with E-state index in [-0.39, 0.29) is 41.5 Å². The van der Waals surface area contributed by atoms with Gasteiger partial charge in [-0.2, -0.15) is 0 Å². The van der Waals surface area contributed by atoms with Gasteiger partial charge in [-0.25, -0.2) is 4.79 Å². The molecule has 0 bridgehead atoms. The van der Waals surface area contributed by atoms with Gasteiger partial charge in [-0.3, -0.25) is 0 Å². The van der Waals surface area contributed by atoms with E-state index in [0.717, 1.165) is 39.0 Å². The highest BCUT2D eigenvalue weighted by molar-refractivity contribution is 5.68. The number of rotatable bonds is 5. The van der Waals surface area contributed by atoms with Crippen molar-refractivity contribution < 1.29 is 23.7 Å². The second-order valence-corrected chi connectivity index (χ2v) is 9.59. The summed E-state index contributed by atoms with van der Waals surface area (Å²) in [6, 6.07) is 0. The highest BCUT2D eigenvalue weighted by Crippen LogP contribution is 2.59. The van der Waals surface area contributed by atoms with Crippen LogP contribution in [0.25, 0.3) is 0 Å². The molecule has 0 aromatic heterocycles. The number of epoxide rings is 2. The minimum absolute atomic E-state index is 0.0644. The van der Waals surface area contributed by atoms with Gasteiger partial charge < -0.3 is 28.7 Å². The van der Waals surface area contributed by atoms with Crippen molar-refractivity contribution in [1.29, 1.82) is 0 Å². The van der Waals surface area contributed by atoms with Crippen molar-refractivity contribution in [2.45, 2.75) is 69.5 Å². The third kappa shape index (κ3) is 4.07. The molecule has 0 aromatic carbocycles. The van der Waals surface area contributed by atoms with Crippen molar-refractivity contribution in [2.24, 2.45) is 5.92 Å². The summed E-state index contributed by atoms with van der Waals surface area (Å²) in [6.45, 7) is 10.3. The highest BCUT2D eigenvalue weighted by atomic mass is 16.6. The molecule has 4 aliphatic rings. The van der Waals surface area contributed by atoms with Crippen molar-refractivity contribution in [1.82, 2.24) is 9.80 Å². The molecule has 1 spiro atoms. The number of carbonyl (C=O) groups is 1. The lowest BCUT2D eigenvalue weighted by molar-refractivity contribution is -0.122. The van der Waals surface area contributed by atoms with E-state index in [1.165, 1.54) is 5.57 Å². The zero-order valence-corrected chi connectivity index (χ0v) is 18.5. The summed E-state index contributed by atoms with van der Waals surface area (Å²) in [4.78, 5) is 16.8. The lowest BCUT2D eigenvalue weighted by atomic mass is 9.68. The third-order valence-corrected chi connectivity index (χ3v) is 7.25. The van der Waals surface area contributed by atoms with Gasteiger partial charge in [-0.1, -0.05) is 11.6 Å². The second-order valence-electron chi connectivity index (χ2n) is 9.59. The van der Waals surface area contributed by atoms with Gasteiger partial charge >= 0.3 is 6.09 Å². The molecule has 0 N–H and O–H groups in total. The van der Waals surface area contributed by atoms with Crippen LogP contribution in [0.2, 0.25) is 0 Å². The number of methoxy groups -OCH3 is 1. The molecule has 29 heavy (non-hydrogen) atoms. The maximum absolute atomic E-state index is 12.8. The smallest absolute Gasteiger partial charge is 0.410 e. The fraction of sp³-hybridized carbons (Fsp3) is 0.864. The van der Waals surface area contributed by atoms with Crippen LogP contribution < -0.4 is 0 Å². The van der Waals surface area contributed by atoms with Crippen molar-refractivity contribution >= 4 is 6.09 Å². The number of amides is 1. The molecule has 164 valence electrons. The zero-order chi connectivity index (χ0) is 20.8. The summed E-state index contributed by atoms with van der Waals surface area (Å²) in [7, 11) is 3.79. The molecule has 3 heterocycles. The Morgan fingerprint density at radius 2 is 1.93 bits per heavy atom. The third-order valence-electron chi connectivity index (χ3n) is 7.25. The molecule has 3 aliphatic heterocycles. The molecule has 0 unspecified atom stereocenters. The summed E-state index contributed by atoms with van der Waals surface area (Å²) in [6.07, 6.45) is 4.23. The molecule has 7 nitrogen and oxygen atoms in total. The van der Waals surface area contributed by atoms with Crippen molar-refractivity contribution in [3.05, 3.63) is 11.6 Å². The van der Waals surface area contributed by atoms with Gasteiger partial charge in [-0.05, 0) is 47.1 Å². The maximum Gasteiger partial charge on any atom is 0.410 e. The Morgan fingerprint density at radius 3 is 2.52 bits per heavy atom. The summed E-state index contributed by atoms with van der Waals surface area (Å²) >= 11 is 0. The molecular formula is C22H36N2O5. The predicted molar refractivity (Wildman–Crippen MR) is 109 cm³/mol. The summed E-state index contributed by atoms with van der Waals surface area (Å²) in [5, 5.41) is 0. The van der Waals surface area contributed by atoms with E-state index in [9.17, 15) is 4.79 Å². The van der Waals surface area contributed by atoms with Crippen LogP contribution in [0, 0.1) is 5.92 Å². The van der Waals surface area contributed by atoms with Crippen LogP contribution >= 0.6 is 0 Å². The van der Waals surface area contributed by atoms with Crippen LogP contribution in [-0.4, -0.2) is 92.4 Å². The Morgan fingerprint density at radius 1 is 1.24 bits per heavy atom. The Labute approximate surface area is 174 Å². The predicted octanol–water partition coefficient (Wildman–Crippen LogP) is 2.45. The van der Waals surface area contributed by atoms with Gasteiger partial charge in [0.2, 0.25) is 0 Å². The van der Waals surface area contributed by atoms with Crippen molar-refractivity contribution in [3.63, 3.8) is 0 Å². The van der Waals surface area contributed by atoms with Gasteiger partial charge in [0.15, 0.2) is 0 Å². The minimum Gasteiger partial charge on any atom is -0.443 e. The molecular weight excluding hydrogens is 372 g/mol. The molecule has 0 aromatic rings. The average Bonchev–Trinajstić information content (AvgIpc) is 3.59.